The zero-order valence-corrected chi connectivity index (χ0v) is 24.0. The largest absolute Gasteiger partial charge is 0.280 e. The fourth-order valence-electron chi connectivity index (χ4n) is 3.82. The van der Waals surface area contributed by atoms with Gasteiger partial charge in [-0.05, 0) is 42.8 Å². The van der Waals surface area contributed by atoms with E-state index >= 15 is 0 Å². The van der Waals surface area contributed by atoms with E-state index in [0.29, 0.717) is 17.1 Å². The van der Waals surface area contributed by atoms with Crippen molar-refractivity contribution < 1.29 is 16.8 Å². The highest BCUT2D eigenvalue weighted by Crippen LogP contribution is 2.15. The zero-order chi connectivity index (χ0) is 27.5. The number of benzene rings is 3. The molecule has 208 valence electrons. The zero-order valence-electron chi connectivity index (χ0n) is 22.4. The second kappa shape index (κ2) is 17.8. The molecule has 3 rings (SSSR count). The van der Waals surface area contributed by atoms with Crippen LogP contribution < -0.4 is 9.44 Å². The summed E-state index contributed by atoms with van der Waals surface area (Å²) in [5.41, 5.74) is 0.561. The van der Waals surface area contributed by atoms with Crippen molar-refractivity contribution in [2.24, 2.45) is 0 Å². The van der Waals surface area contributed by atoms with Gasteiger partial charge in [-0.3, -0.25) is 4.72 Å². The number of hydrogen-bond donors (Lipinski definition) is 2. The van der Waals surface area contributed by atoms with E-state index in [-0.39, 0.29) is 4.90 Å². The molecule has 0 aliphatic rings. The minimum absolute atomic E-state index is 0.263. The summed E-state index contributed by atoms with van der Waals surface area (Å²) in [6.45, 7) is 2.78. The minimum Gasteiger partial charge on any atom is -0.280 e. The van der Waals surface area contributed by atoms with Crippen molar-refractivity contribution in [2.45, 2.75) is 80.9 Å². The van der Waals surface area contributed by atoms with Crippen molar-refractivity contribution in [3.8, 4) is 0 Å². The Morgan fingerprint density at radius 2 is 0.895 bits per heavy atom. The van der Waals surface area contributed by atoms with E-state index in [1.165, 1.54) is 51.4 Å². The maximum atomic E-state index is 12.0. The van der Waals surface area contributed by atoms with Crippen LogP contribution >= 0.6 is 0 Å². The van der Waals surface area contributed by atoms with Crippen molar-refractivity contribution in [1.82, 2.24) is 4.72 Å². The third kappa shape index (κ3) is 12.7. The Hall–Kier alpha value is -2.68. The average molecular weight is 559 g/mol. The Kier molecular flexibility index (Phi) is 14.7. The lowest BCUT2D eigenvalue weighted by atomic mass is 10.1. The third-order valence-corrected chi connectivity index (χ3v) is 8.83. The Morgan fingerprint density at radius 3 is 1.37 bits per heavy atom. The van der Waals surface area contributed by atoms with E-state index in [1.807, 2.05) is 12.1 Å². The lowest BCUT2D eigenvalue weighted by molar-refractivity contribution is 0.549. The SMILES string of the molecule is CCCCCCCCCCCCNS(=O)(=O)c1ccccc1.O=S(=O)(Nc1ccccc1)c1ccccc1. The predicted molar refractivity (Wildman–Crippen MR) is 157 cm³/mol. The Labute approximate surface area is 230 Å². The first kappa shape index (κ1) is 31.5. The fourth-order valence-corrected chi connectivity index (χ4v) is 6.00. The van der Waals surface area contributed by atoms with Crippen LogP contribution in [0, 0.1) is 0 Å². The molecule has 3 aromatic carbocycles. The summed E-state index contributed by atoms with van der Waals surface area (Å²) < 4.78 is 52.9. The summed E-state index contributed by atoms with van der Waals surface area (Å²) in [4.78, 5) is 0.612. The first-order valence-electron chi connectivity index (χ1n) is 13.5. The van der Waals surface area contributed by atoms with Crippen molar-refractivity contribution in [2.75, 3.05) is 11.3 Å². The summed E-state index contributed by atoms with van der Waals surface area (Å²) in [6, 6.07) is 25.7. The monoisotopic (exact) mass is 558 g/mol. The maximum Gasteiger partial charge on any atom is 0.261 e. The van der Waals surface area contributed by atoms with Gasteiger partial charge in [-0.2, -0.15) is 0 Å². The summed E-state index contributed by atoms with van der Waals surface area (Å²) in [7, 11) is -6.78. The molecule has 0 radical (unpaired) electrons. The molecule has 0 aromatic heterocycles. The molecule has 0 atom stereocenters. The number of para-hydroxylation sites is 1. The van der Waals surface area contributed by atoms with Crippen molar-refractivity contribution >= 4 is 25.7 Å². The van der Waals surface area contributed by atoms with Gasteiger partial charge in [0.2, 0.25) is 10.0 Å². The normalized spacial score (nSPS) is 11.4. The summed E-state index contributed by atoms with van der Waals surface area (Å²) in [5, 5.41) is 0. The highest BCUT2D eigenvalue weighted by molar-refractivity contribution is 7.92. The Bertz CT molecular complexity index is 1220. The molecule has 0 saturated carbocycles. The number of sulfonamides is 2. The van der Waals surface area contributed by atoms with Crippen LogP contribution in [-0.2, 0) is 20.0 Å². The van der Waals surface area contributed by atoms with Crippen molar-refractivity contribution in [3.63, 3.8) is 0 Å². The van der Waals surface area contributed by atoms with Crippen LogP contribution in [0.2, 0.25) is 0 Å². The average Bonchev–Trinajstić information content (AvgIpc) is 2.93. The van der Waals surface area contributed by atoms with E-state index in [1.54, 1.807) is 78.9 Å². The van der Waals surface area contributed by atoms with Gasteiger partial charge in [0.25, 0.3) is 10.0 Å². The molecular formula is C30H42N2O4S2. The molecule has 8 heteroatoms. The standard InChI is InChI=1S/C18H31NO2S.C12H11NO2S/c1-2-3-4-5-6-7-8-9-10-14-17-19-22(20,21)18-15-12-11-13-16-18;14-16(15,12-9-5-2-6-10-12)13-11-7-3-1-4-8-11/h11-13,15-16,19H,2-10,14,17H2,1H3;1-10,13H. The molecule has 0 bridgehead atoms. The first-order chi connectivity index (χ1) is 18.3. The Balaban J connectivity index is 0.000000279. The highest BCUT2D eigenvalue weighted by Gasteiger charge is 2.13. The fraction of sp³-hybridized carbons (Fsp3) is 0.400. The smallest absolute Gasteiger partial charge is 0.261 e. The number of rotatable bonds is 16. The van der Waals surface area contributed by atoms with Gasteiger partial charge >= 0.3 is 0 Å². The molecule has 38 heavy (non-hydrogen) atoms. The highest BCUT2D eigenvalue weighted by atomic mass is 32.2. The van der Waals surface area contributed by atoms with Gasteiger partial charge in [0, 0.05) is 12.2 Å². The molecule has 0 amide bonds. The van der Waals surface area contributed by atoms with Crippen molar-refractivity contribution in [1.29, 1.82) is 0 Å². The molecule has 2 N–H and O–H groups in total. The van der Waals surface area contributed by atoms with Crippen LogP contribution in [0.15, 0.2) is 101 Å². The van der Waals surface area contributed by atoms with E-state index in [9.17, 15) is 16.8 Å². The van der Waals surface area contributed by atoms with Gasteiger partial charge in [-0.25, -0.2) is 21.6 Å². The van der Waals surface area contributed by atoms with E-state index < -0.39 is 20.0 Å². The van der Waals surface area contributed by atoms with E-state index in [2.05, 4.69) is 16.4 Å². The molecule has 3 aromatic rings. The Morgan fingerprint density at radius 1 is 0.500 bits per heavy atom. The molecule has 0 spiro atoms. The molecule has 0 fully saturated rings. The minimum atomic E-state index is -3.46. The molecule has 0 saturated heterocycles. The second-order valence-corrected chi connectivity index (χ2v) is 12.6. The molecule has 6 nitrogen and oxygen atoms in total. The molecular weight excluding hydrogens is 516 g/mol. The van der Waals surface area contributed by atoms with Crippen LogP contribution in [-0.4, -0.2) is 23.4 Å². The lowest BCUT2D eigenvalue weighted by Crippen LogP contribution is -2.24. The maximum absolute atomic E-state index is 12.0. The lowest BCUT2D eigenvalue weighted by Gasteiger charge is -2.07. The van der Waals surface area contributed by atoms with Crippen LogP contribution in [0.5, 0.6) is 0 Å². The van der Waals surface area contributed by atoms with Gasteiger partial charge in [-0.15, -0.1) is 0 Å². The summed E-state index contributed by atoms with van der Waals surface area (Å²) >= 11 is 0. The predicted octanol–water partition coefficient (Wildman–Crippen LogP) is 7.37. The number of hydrogen-bond acceptors (Lipinski definition) is 4. The quantitative estimate of drug-likeness (QED) is 0.180. The third-order valence-electron chi connectivity index (χ3n) is 5.96. The van der Waals surface area contributed by atoms with Gasteiger partial charge < -0.3 is 0 Å². The van der Waals surface area contributed by atoms with Crippen molar-refractivity contribution in [3.05, 3.63) is 91.0 Å². The van der Waals surface area contributed by atoms with Gasteiger partial charge in [0.1, 0.15) is 0 Å². The van der Waals surface area contributed by atoms with Crippen LogP contribution in [0.4, 0.5) is 5.69 Å². The summed E-state index contributed by atoms with van der Waals surface area (Å²) in [6.07, 6.45) is 12.6. The van der Waals surface area contributed by atoms with Gasteiger partial charge in [-0.1, -0.05) is 119 Å². The number of unbranched alkanes of at least 4 members (excludes halogenated alkanes) is 9. The van der Waals surface area contributed by atoms with Gasteiger partial charge in [0.15, 0.2) is 0 Å². The van der Waals surface area contributed by atoms with Crippen LogP contribution in [0.3, 0.4) is 0 Å². The first-order valence-corrected chi connectivity index (χ1v) is 16.5. The number of nitrogens with one attached hydrogen (secondary N) is 2. The van der Waals surface area contributed by atoms with Crippen LogP contribution in [0.25, 0.3) is 0 Å². The molecule has 0 aliphatic carbocycles. The number of anilines is 1. The molecule has 0 aliphatic heterocycles. The van der Waals surface area contributed by atoms with E-state index in [4.69, 9.17) is 0 Å². The topological polar surface area (TPSA) is 92.3 Å². The molecule has 0 heterocycles. The van der Waals surface area contributed by atoms with Gasteiger partial charge in [0.05, 0.1) is 9.79 Å². The molecule has 0 unspecified atom stereocenters. The van der Waals surface area contributed by atoms with Crippen LogP contribution in [0.1, 0.15) is 71.1 Å². The second-order valence-electron chi connectivity index (χ2n) is 9.18. The van der Waals surface area contributed by atoms with E-state index in [0.717, 1.165) is 12.8 Å². The summed E-state index contributed by atoms with van der Waals surface area (Å²) in [5.74, 6) is 0.